The number of allylic oxidation sites excluding steroid dienone is 2. The minimum absolute atomic E-state index is 0.117. The van der Waals surface area contributed by atoms with Crippen molar-refractivity contribution in [3.63, 3.8) is 0 Å². The molecule has 7 nitrogen and oxygen atoms in total. The number of rotatable bonds is 6. The van der Waals surface area contributed by atoms with Gasteiger partial charge >= 0.3 is 6.18 Å². The Balaban J connectivity index is 0.000000206. The van der Waals surface area contributed by atoms with Gasteiger partial charge < -0.3 is 4.90 Å². The van der Waals surface area contributed by atoms with Crippen molar-refractivity contribution in [1.82, 2.24) is 19.4 Å². The second kappa shape index (κ2) is 12.7. The maximum absolute atomic E-state index is 12.3. The highest BCUT2D eigenvalue weighted by molar-refractivity contribution is 7.97. The molecule has 0 bridgehead atoms. The van der Waals surface area contributed by atoms with Crippen LogP contribution in [0.5, 0.6) is 0 Å². The third-order valence-electron chi connectivity index (χ3n) is 6.43. The van der Waals surface area contributed by atoms with Gasteiger partial charge in [-0.1, -0.05) is 48.4 Å². The molecule has 1 N–H and O–H groups in total. The average Bonchev–Trinajstić information content (AvgIpc) is 3.16. The van der Waals surface area contributed by atoms with Crippen molar-refractivity contribution in [3.8, 4) is 0 Å². The van der Waals surface area contributed by atoms with Gasteiger partial charge in [0.05, 0.1) is 0 Å². The fourth-order valence-corrected chi connectivity index (χ4v) is 5.28. The quantitative estimate of drug-likeness (QED) is 0.338. The molecule has 3 aliphatic rings. The van der Waals surface area contributed by atoms with Gasteiger partial charge in [0.1, 0.15) is 11.8 Å². The second-order valence-corrected chi connectivity index (χ2v) is 10.4. The van der Waals surface area contributed by atoms with Gasteiger partial charge in [-0.2, -0.15) is 13.2 Å². The lowest BCUT2D eigenvalue weighted by Crippen LogP contribution is -2.52. The molecule has 0 saturated carbocycles. The van der Waals surface area contributed by atoms with Gasteiger partial charge in [0.2, 0.25) is 11.8 Å². The molecule has 202 valence electrons. The van der Waals surface area contributed by atoms with E-state index in [0.717, 1.165) is 42.7 Å². The Morgan fingerprint density at radius 2 is 1.89 bits per heavy atom. The average molecular weight is 539 g/mol. The first-order chi connectivity index (χ1) is 17.5. The minimum Gasteiger partial charge on any atom is -0.322 e. The van der Waals surface area contributed by atoms with Gasteiger partial charge in [-0.3, -0.25) is 24.6 Å². The number of piperidine rings is 1. The molecule has 2 fully saturated rings. The van der Waals surface area contributed by atoms with Crippen LogP contribution in [0.3, 0.4) is 0 Å². The van der Waals surface area contributed by atoms with E-state index in [1.165, 1.54) is 5.57 Å². The number of carbonyl (C=O) groups is 3. The van der Waals surface area contributed by atoms with Crippen molar-refractivity contribution in [2.24, 2.45) is 0 Å². The summed E-state index contributed by atoms with van der Waals surface area (Å²) >= 11 is 0.886. The van der Waals surface area contributed by atoms with Crippen molar-refractivity contribution in [2.45, 2.75) is 45.5 Å². The lowest BCUT2D eigenvalue weighted by molar-refractivity contribution is -0.137. The largest absolute Gasteiger partial charge is 0.399 e. The molecule has 1 unspecified atom stereocenters. The molecule has 1 atom stereocenters. The Hall–Kier alpha value is -2.63. The number of halogens is 3. The highest BCUT2D eigenvalue weighted by atomic mass is 32.2. The number of hydrogen-bond donors (Lipinski definition) is 1. The van der Waals surface area contributed by atoms with Gasteiger partial charge in [-0.25, -0.2) is 4.31 Å². The summed E-state index contributed by atoms with van der Waals surface area (Å²) in [5.74, 6) is -1.53. The number of amides is 3. The Labute approximate surface area is 219 Å². The van der Waals surface area contributed by atoms with Crippen molar-refractivity contribution >= 4 is 29.7 Å². The van der Waals surface area contributed by atoms with Gasteiger partial charge in [-0.15, -0.1) is 0 Å². The molecule has 0 aromatic heterocycles. The molecule has 3 aliphatic heterocycles. The van der Waals surface area contributed by atoms with Gasteiger partial charge in [-0.05, 0) is 37.5 Å². The standard InChI is InChI=1S/C14H14N2O3.C12H19F3N2S/c1-8-3-2-4-9-10(8)7-16(14(9)19)11-5-6-12(17)15-13(11)18;1-3-4-11(2)9-16-5-7-17(8-6-16)18-10-12(13,14)15/h2-4,11H,5-7H2,1H3,(H,15,17,18);3-4H,1,5-10H2,2H3/b;11-4+. The molecule has 1 aromatic carbocycles. The van der Waals surface area contributed by atoms with Crippen LogP contribution < -0.4 is 5.32 Å². The minimum atomic E-state index is -4.08. The Morgan fingerprint density at radius 3 is 2.49 bits per heavy atom. The SMILES string of the molecule is C=C/C=C(\C)CN1CCN(SCC(F)(F)F)CC1.Cc1cccc2c1CN(C1CCC(=O)NC1=O)C2=O. The number of benzene rings is 1. The number of hydrogen-bond acceptors (Lipinski definition) is 6. The zero-order valence-corrected chi connectivity index (χ0v) is 22.0. The molecule has 0 radical (unpaired) electrons. The van der Waals surface area contributed by atoms with E-state index in [9.17, 15) is 27.6 Å². The summed E-state index contributed by atoms with van der Waals surface area (Å²) < 4.78 is 38.0. The van der Waals surface area contributed by atoms with Crippen LogP contribution in [0.1, 0.15) is 41.3 Å². The maximum atomic E-state index is 12.3. The molecule has 0 aliphatic carbocycles. The predicted octanol–water partition coefficient (Wildman–Crippen LogP) is 3.70. The fraction of sp³-hybridized carbons (Fsp3) is 0.500. The first-order valence-corrected chi connectivity index (χ1v) is 13.1. The highest BCUT2D eigenvalue weighted by Crippen LogP contribution is 2.29. The molecule has 3 heterocycles. The molecule has 2 saturated heterocycles. The summed E-state index contributed by atoms with van der Waals surface area (Å²) in [6.07, 6.45) is 0.333. The second-order valence-electron chi connectivity index (χ2n) is 9.34. The number of imide groups is 1. The number of nitrogens with one attached hydrogen (secondary N) is 1. The normalized spacial score (nSPS) is 21.3. The number of carbonyl (C=O) groups excluding carboxylic acids is 3. The molecule has 37 heavy (non-hydrogen) atoms. The highest BCUT2D eigenvalue weighted by Gasteiger charge is 2.39. The fourth-order valence-electron chi connectivity index (χ4n) is 4.53. The molecule has 11 heteroatoms. The van der Waals surface area contributed by atoms with Crippen molar-refractivity contribution in [1.29, 1.82) is 0 Å². The number of piperazine rings is 1. The molecule has 3 amide bonds. The summed E-state index contributed by atoms with van der Waals surface area (Å²) in [7, 11) is 0. The van der Waals surface area contributed by atoms with Crippen molar-refractivity contribution < 1.29 is 27.6 Å². The Morgan fingerprint density at radius 1 is 1.19 bits per heavy atom. The van der Waals surface area contributed by atoms with E-state index in [1.54, 1.807) is 21.3 Å². The number of nitrogens with zero attached hydrogens (tertiary/aromatic N) is 3. The first-order valence-electron chi connectivity index (χ1n) is 12.2. The zero-order chi connectivity index (χ0) is 27.2. The third kappa shape index (κ3) is 8.18. The van der Waals surface area contributed by atoms with E-state index < -0.39 is 18.0 Å². The molecule has 1 aromatic rings. The number of aryl methyl sites for hydroxylation is 1. The van der Waals surface area contributed by atoms with Crippen LogP contribution in [-0.4, -0.2) is 82.5 Å². The van der Waals surface area contributed by atoms with Crippen LogP contribution in [0.15, 0.2) is 42.5 Å². The van der Waals surface area contributed by atoms with Crippen molar-refractivity contribution in [2.75, 3.05) is 38.5 Å². The Kier molecular flexibility index (Phi) is 9.97. The lowest BCUT2D eigenvalue weighted by Gasteiger charge is -2.34. The topological polar surface area (TPSA) is 73.0 Å². The maximum Gasteiger partial charge on any atom is 0.399 e. The smallest absolute Gasteiger partial charge is 0.322 e. The molecule has 4 rings (SSSR count). The van der Waals surface area contributed by atoms with Crippen LogP contribution in [-0.2, 0) is 16.1 Å². The summed E-state index contributed by atoms with van der Waals surface area (Å²) in [4.78, 5) is 39.2. The van der Waals surface area contributed by atoms with Crippen LogP contribution in [0.25, 0.3) is 0 Å². The van der Waals surface area contributed by atoms with E-state index in [4.69, 9.17) is 0 Å². The first kappa shape index (κ1) is 28.9. The van der Waals surface area contributed by atoms with Gasteiger partial charge in [0, 0.05) is 51.3 Å². The summed E-state index contributed by atoms with van der Waals surface area (Å²) in [6, 6.07) is 5.06. The predicted molar refractivity (Wildman–Crippen MR) is 138 cm³/mol. The molecular formula is C26H33F3N4O3S. The van der Waals surface area contributed by atoms with Gasteiger partial charge in [0.25, 0.3) is 5.91 Å². The van der Waals surface area contributed by atoms with E-state index in [1.807, 2.05) is 32.1 Å². The van der Waals surface area contributed by atoms with Crippen molar-refractivity contribution in [3.05, 3.63) is 59.2 Å². The lowest BCUT2D eigenvalue weighted by atomic mass is 10.0. The summed E-state index contributed by atoms with van der Waals surface area (Å²) in [5.41, 5.74) is 3.93. The monoisotopic (exact) mass is 538 g/mol. The van der Waals surface area contributed by atoms with Crippen LogP contribution >= 0.6 is 11.9 Å². The third-order valence-corrected chi connectivity index (χ3v) is 7.62. The van der Waals surface area contributed by atoms with Crippen LogP contribution in [0, 0.1) is 6.92 Å². The van der Waals surface area contributed by atoms with E-state index in [2.05, 4.69) is 16.8 Å². The van der Waals surface area contributed by atoms with Crippen LogP contribution in [0.2, 0.25) is 0 Å². The van der Waals surface area contributed by atoms with Gasteiger partial charge in [0.15, 0.2) is 0 Å². The number of alkyl halides is 3. The summed E-state index contributed by atoms with van der Waals surface area (Å²) in [5, 5.41) is 2.30. The Bertz CT molecular complexity index is 1050. The van der Waals surface area contributed by atoms with E-state index >= 15 is 0 Å². The zero-order valence-electron chi connectivity index (χ0n) is 21.1. The van der Waals surface area contributed by atoms with E-state index in [0.29, 0.717) is 31.6 Å². The number of fused-ring (bicyclic) bond motifs is 1. The van der Waals surface area contributed by atoms with E-state index in [-0.39, 0.29) is 24.1 Å². The van der Waals surface area contributed by atoms with Crippen LogP contribution in [0.4, 0.5) is 13.2 Å². The molecular weight excluding hydrogens is 505 g/mol. The summed E-state index contributed by atoms with van der Waals surface area (Å²) in [6.45, 7) is 11.9. The molecule has 0 spiro atoms.